The van der Waals surface area contributed by atoms with E-state index in [9.17, 15) is 9.59 Å². The van der Waals surface area contributed by atoms with Crippen molar-refractivity contribution >= 4 is 39.6 Å². The molecule has 1 heterocycles. The number of aromatic nitrogens is 4. The number of nitrogens with one attached hydrogen (secondary N) is 1. The van der Waals surface area contributed by atoms with E-state index in [0.29, 0.717) is 17.7 Å². The van der Waals surface area contributed by atoms with Gasteiger partial charge in [-0.2, -0.15) is 16.4 Å². The number of benzene rings is 1. The Hall–Kier alpha value is -1.94. The quantitative estimate of drug-likeness (QED) is 0.685. The molecule has 0 fully saturated rings. The first kappa shape index (κ1) is 18.4. The van der Waals surface area contributed by atoms with E-state index in [0.717, 1.165) is 10.2 Å². The third-order valence-corrected chi connectivity index (χ3v) is 4.34. The van der Waals surface area contributed by atoms with Crippen molar-refractivity contribution in [1.82, 2.24) is 25.5 Å². The summed E-state index contributed by atoms with van der Waals surface area (Å²) in [5, 5.41) is 13.7. The van der Waals surface area contributed by atoms with Gasteiger partial charge in [-0.3, -0.25) is 4.79 Å². The highest BCUT2D eigenvalue weighted by Crippen LogP contribution is 2.20. The Morgan fingerprint density at radius 3 is 2.88 bits per heavy atom. The van der Waals surface area contributed by atoms with Gasteiger partial charge < -0.3 is 10.1 Å². The normalized spacial score (nSPS) is 11.8. The van der Waals surface area contributed by atoms with Gasteiger partial charge in [-0.15, -0.1) is 5.10 Å². The van der Waals surface area contributed by atoms with Crippen LogP contribution in [-0.2, 0) is 9.53 Å². The fourth-order valence-electron chi connectivity index (χ4n) is 2.02. The fourth-order valence-corrected chi connectivity index (χ4v) is 2.86. The SMILES string of the molecule is COC(=O)[C@@H](CCSC)NC(=O)c1cc(Br)ccc1-n1cnnn1. The topological polar surface area (TPSA) is 99.0 Å². The van der Waals surface area contributed by atoms with Gasteiger partial charge in [0.25, 0.3) is 5.91 Å². The highest BCUT2D eigenvalue weighted by Gasteiger charge is 2.23. The van der Waals surface area contributed by atoms with Gasteiger partial charge in [0.15, 0.2) is 0 Å². The second-order valence-electron chi connectivity index (χ2n) is 4.75. The molecule has 1 aromatic heterocycles. The number of carbonyl (C=O) groups is 2. The number of halogens is 1. The zero-order chi connectivity index (χ0) is 17.5. The molecular weight excluding hydrogens is 398 g/mol. The maximum absolute atomic E-state index is 12.7. The maximum Gasteiger partial charge on any atom is 0.328 e. The molecule has 0 bridgehead atoms. The van der Waals surface area contributed by atoms with E-state index in [4.69, 9.17) is 4.74 Å². The molecule has 24 heavy (non-hydrogen) atoms. The Morgan fingerprint density at radius 1 is 1.46 bits per heavy atom. The second kappa shape index (κ2) is 8.78. The lowest BCUT2D eigenvalue weighted by Gasteiger charge is -2.17. The predicted octanol–water partition coefficient (Wildman–Crippen LogP) is 1.45. The van der Waals surface area contributed by atoms with Crippen LogP contribution in [0, 0.1) is 0 Å². The molecule has 0 aliphatic carbocycles. The summed E-state index contributed by atoms with van der Waals surface area (Å²) in [5.41, 5.74) is 0.851. The van der Waals surface area contributed by atoms with Crippen LogP contribution in [0.25, 0.3) is 5.69 Å². The minimum Gasteiger partial charge on any atom is -0.467 e. The highest BCUT2D eigenvalue weighted by atomic mass is 79.9. The Bertz CT molecular complexity index is 710. The number of thioether (sulfide) groups is 1. The number of esters is 1. The zero-order valence-corrected chi connectivity index (χ0v) is 15.5. The van der Waals surface area contributed by atoms with Crippen molar-refractivity contribution in [1.29, 1.82) is 0 Å². The van der Waals surface area contributed by atoms with Gasteiger partial charge in [-0.05, 0) is 47.1 Å². The van der Waals surface area contributed by atoms with Gasteiger partial charge >= 0.3 is 5.97 Å². The monoisotopic (exact) mass is 413 g/mol. The summed E-state index contributed by atoms with van der Waals surface area (Å²) in [6.07, 6.45) is 3.81. The Balaban J connectivity index is 2.28. The van der Waals surface area contributed by atoms with Crippen molar-refractivity contribution in [2.24, 2.45) is 0 Å². The lowest BCUT2D eigenvalue weighted by molar-refractivity contribution is -0.142. The van der Waals surface area contributed by atoms with Crippen LogP contribution < -0.4 is 5.32 Å². The van der Waals surface area contributed by atoms with Crippen LogP contribution in [-0.4, -0.2) is 57.2 Å². The molecule has 1 amide bonds. The molecule has 0 saturated carbocycles. The molecule has 1 N–H and O–H groups in total. The van der Waals surface area contributed by atoms with Crippen LogP contribution in [0.3, 0.4) is 0 Å². The number of ether oxygens (including phenoxy) is 1. The molecule has 0 aliphatic rings. The Labute approximate surface area is 151 Å². The molecule has 2 aromatic rings. The van der Waals surface area contributed by atoms with Crippen LogP contribution in [0.4, 0.5) is 0 Å². The minimum absolute atomic E-state index is 0.342. The third kappa shape index (κ3) is 4.54. The van der Waals surface area contributed by atoms with Gasteiger partial charge in [-0.25, -0.2) is 4.79 Å². The average Bonchev–Trinajstić information content (AvgIpc) is 3.11. The van der Waals surface area contributed by atoms with Crippen LogP contribution in [0.15, 0.2) is 29.0 Å². The Morgan fingerprint density at radius 2 is 2.25 bits per heavy atom. The van der Waals surface area contributed by atoms with Crippen molar-refractivity contribution in [3.63, 3.8) is 0 Å². The minimum atomic E-state index is -0.712. The van der Waals surface area contributed by atoms with Gasteiger partial charge in [-0.1, -0.05) is 15.9 Å². The number of hydrogen-bond donors (Lipinski definition) is 1. The number of tetrazole rings is 1. The summed E-state index contributed by atoms with van der Waals surface area (Å²) in [5.74, 6) is -0.159. The molecule has 1 atom stereocenters. The lowest BCUT2D eigenvalue weighted by Crippen LogP contribution is -2.42. The number of hydrogen-bond acceptors (Lipinski definition) is 7. The number of carbonyl (C=O) groups excluding carboxylic acids is 2. The summed E-state index contributed by atoms with van der Waals surface area (Å²) in [6, 6.07) is 4.43. The predicted molar refractivity (Wildman–Crippen MR) is 93.1 cm³/mol. The van der Waals surface area contributed by atoms with Crippen molar-refractivity contribution in [3.8, 4) is 5.69 Å². The van der Waals surface area contributed by atoms with E-state index in [2.05, 4.69) is 36.8 Å². The van der Waals surface area contributed by atoms with Gasteiger partial charge in [0.2, 0.25) is 0 Å². The summed E-state index contributed by atoms with van der Waals surface area (Å²) in [4.78, 5) is 24.6. The van der Waals surface area contributed by atoms with E-state index in [1.165, 1.54) is 18.1 Å². The average molecular weight is 414 g/mol. The van der Waals surface area contributed by atoms with E-state index in [1.54, 1.807) is 30.0 Å². The van der Waals surface area contributed by atoms with Gasteiger partial charge in [0.05, 0.1) is 18.4 Å². The Kier molecular flexibility index (Phi) is 6.73. The molecule has 0 spiro atoms. The second-order valence-corrected chi connectivity index (χ2v) is 6.65. The van der Waals surface area contributed by atoms with Crippen molar-refractivity contribution < 1.29 is 14.3 Å². The molecular formula is C14H16BrN5O3S. The molecule has 1 aromatic carbocycles. The van der Waals surface area contributed by atoms with Crippen LogP contribution in [0.1, 0.15) is 16.8 Å². The molecule has 2 rings (SSSR count). The number of methoxy groups -OCH3 is 1. The molecule has 0 aliphatic heterocycles. The lowest BCUT2D eigenvalue weighted by atomic mass is 10.1. The number of nitrogens with zero attached hydrogens (tertiary/aromatic N) is 4. The van der Waals surface area contributed by atoms with Crippen LogP contribution >= 0.6 is 27.7 Å². The molecule has 10 heteroatoms. The van der Waals surface area contributed by atoms with Crippen molar-refractivity contribution in [2.75, 3.05) is 19.1 Å². The van der Waals surface area contributed by atoms with Crippen LogP contribution in [0.2, 0.25) is 0 Å². The first-order chi connectivity index (χ1) is 11.6. The molecule has 0 radical (unpaired) electrons. The van der Waals surface area contributed by atoms with E-state index >= 15 is 0 Å². The van der Waals surface area contributed by atoms with E-state index < -0.39 is 17.9 Å². The summed E-state index contributed by atoms with van der Waals surface area (Å²) >= 11 is 4.93. The molecule has 128 valence electrons. The van der Waals surface area contributed by atoms with Gasteiger partial charge in [0.1, 0.15) is 12.4 Å². The number of amides is 1. The zero-order valence-electron chi connectivity index (χ0n) is 13.1. The first-order valence-electron chi connectivity index (χ1n) is 6.97. The third-order valence-electron chi connectivity index (χ3n) is 3.20. The largest absolute Gasteiger partial charge is 0.467 e. The van der Waals surface area contributed by atoms with Crippen molar-refractivity contribution in [2.45, 2.75) is 12.5 Å². The fraction of sp³-hybridized carbons (Fsp3) is 0.357. The highest BCUT2D eigenvalue weighted by molar-refractivity contribution is 9.10. The number of rotatable bonds is 7. The summed E-state index contributed by atoms with van der Waals surface area (Å²) in [7, 11) is 1.30. The van der Waals surface area contributed by atoms with Gasteiger partial charge in [0, 0.05) is 4.47 Å². The van der Waals surface area contributed by atoms with E-state index in [-0.39, 0.29) is 0 Å². The summed E-state index contributed by atoms with van der Waals surface area (Å²) in [6.45, 7) is 0. The standard InChI is InChI=1S/C14H16BrN5O3S/c1-23-14(22)11(5-6-24-2)17-13(21)10-7-9(15)3-4-12(10)20-8-16-18-19-20/h3-4,7-8,11H,5-6H2,1-2H3,(H,17,21)/t11-/m1/s1. The molecule has 0 unspecified atom stereocenters. The van der Waals surface area contributed by atoms with Crippen molar-refractivity contribution in [3.05, 3.63) is 34.6 Å². The smallest absolute Gasteiger partial charge is 0.328 e. The summed E-state index contributed by atoms with van der Waals surface area (Å²) < 4.78 is 6.87. The molecule has 8 nitrogen and oxygen atoms in total. The maximum atomic E-state index is 12.7. The van der Waals surface area contributed by atoms with Crippen LogP contribution in [0.5, 0.6) is 0 Å². The van der Waals surface area contributed by atoms with E-state index in [1.807, 2.05) is 6.26 Å². The molecule has 0 saturated heterocycles. The first-order valence-corrected chi connectivity index (χ1v) is 9.16.